The van der Waals surface area contributed by atoms with E-state index >= 15 is 0 Å². The summed E-state index contributed by atoms with van der Waals surface area (Å²) in [6.45, 7) is 0.382. The number of nitrogens with one attached hydrogen (secondary N) is 1. The fraction of sp³-hybridized carbons (Fsp3) is 0.462. The van der Waals surface area contributed by atoms with E-state index in [1.165, 1.54) is 19.2 Å². The zero-order chi connectivity index (χ0) is 14.6. The summed E-state index contributed by atoms with van der Waals surface area (Å²) in [7, 11) is 5.03. The second-order valence-corrected chi connectivity index (χ2v) is 4.57. The Morgan fingerprint density at radius 2 is 1.89 bits per heavy atom. The van der Waals surface area contributed by atoms with Gasteiger partial charge in [0.1, 0.15) is 17.2 Å². The van der Waals surface area contributed by atoms with E-state index in [1.54, 1.807) is 0 Å². The Labute approximate surface area is 111 Å². The minimum absolute atomic E-state index is 0.00958. The van der Waals surface area contributed by atoms with Crippen LogP contribution < -0.4 is 11.1 Å². The zero-order valence-electron chi connectivity index (χ0n) is 11.3. The van der Waals surface area contributed by atoms with Gasteiger partial charge in [0.2, 0.25) is 0 Å². The van der Waals surface area contributed by atoms with Crippen LogP contribution in [0.2, 0.25) is 0 Å². The van der Waals surface area contributed by atoms with Crippen LogP contribution in [0.3, 0.4) is 0 Å². The van der Waals surface area contributed by atoms with Crippen molar-refractivity contribution in [3.05, 3.63) is 34.9 Å². The topological polar surface area (TPSA) is 58.4 Å². The van der Waals surface area contributed by atoms with Gasteiger partial charge in [0.05, 0.1) is 0 Å². The van der Waals surface area contributed by atoms with E-state index in [0.29, 0.717) is 18.5 Å². The van der Waals surface area contributed by atoms with Crippen LogP contribution >= 0.6 is 0 Å². The number of benzene rings is 1. The fourth-order valence-corrected chi connectivity index (χ4v) is 1.83. The fourth-order valence-electron chi connectivity index (χ4n) is 1.83. The molecule has 1 atom stereocenters. The molecule has 1 aromatic carbocycles. The van der Waals surface area contributed by atoms with Crippen LogP contribution in [-0.2, 0) is 6.42 Å². The maximum atomic E-state index is 13.8. The maximum absolute atomic E-state index is 13.8. The number of halogens is 2. The Bertz CT molecular complexity index is 440. The molecule has 3 N–H and O–H groups in total. The summed E-state index contributed by atoms with van der Waals surface area (Å²) in [6, 6.07) is 2.35. The zero-order valence-corrected chi connectivity index (χ0v) is 11.3. The van der Waals surface area contributed by atoms with Gasteiger partial charge in [0.25, 0.3) is 5.91 Å². The molecule has 0 aromatic heterocycles. The van der Waals surface area contributed by atoms with Crippen molar-refractivity contribution < 1.29 is 13.6 Å². The van der Waals surface area contributed by atoms with Gasteiger partial charge in [-0.15, -0.1) is 0 Å². The van der Waals surface area contributed by atoms with Crippen LogP contribution in [0.5, 0.6) is 0 Å². The van der Waals surface area contributed by atoms with Gasteiger partial charge < -0.3 is 16.0 Å². The van der Waals surface area contributed by atoms with E-state index in [1.807, 2.05) is 19.0 Å². The molecular weight excluding hydrogens is 252 g/mol. The highest BCUT2D eigenvalue weighted by Gasteiger charge is 2.19. The third-order valence-electron chi connectivity index (χ3n) is 3.03. The molecule has 0 bridgehead atoms. The molecule has 0 radical (unpaired) electrons. The first kappa shape index (κ1) is 15.5. The summed E-state index contributed by atoms with van der Waals surface area (Å²) in [6.07, 6.45) is 0.422. The van der Waals surface area contributed by atoms with Gasteiger partial charge in [-0.2, -0.15) is 0 Å². The van der Waals surface area contributed by atoms with Crippen molar-refractivity contribution in [2.75, 3.05) is 27.7 Å². The number of carbonyl (C=O) groups excluding carboxylic acids is 1. The molecule has 1 amide bonds. The summed E-state index contributed by atoms with van der Waals surface area (Å²) < 4.78 is 27.5. The summed E-state index contributed by atoms with van der Waals surface area (Å²) >= 11 is 0. The van der Waals surface area contributed by atoms with E-state index in [2.05, 4.69) is 5.32 Å². The highest BCUT2D eigenvalue weighted by atomic mass is 19.1. The minimum Gasteiger partial charge on any atom is -0.355 e. The molecule has 4 nitrogen and oxygen atoms in total. The van der Waals surface area contributed by atoms with E-state index in [4.69, 9.17) is 5.73 Å². The van der Waals surface area contributed by atoms with Crippen LogP contribution in [0.1, 0.15) is 15.9 Å². The summed E-state index contributed by atoms with van der Waals surface area (Å²) in [5.41, 5.74) is 5.53. The van der Waals surface area contributed by atoms with Gasteiger partial charge in [0, 0.05) is 19.6 Å². The van der Waals surface area contributed by atoms with Crippen molar-refractivity contribution >= 4 is 5.91 Å². The molecule has 6 heteroatoms. The molecule has 0 aliphatic rings. The first-order chi connectivity index (χ1) is 8.90. The SMILES string of the molecule is CNC(=O)c1c(F)cc(CC(CN)N(C)C)cc1F. The number of hydrogen-bond acceptors (Lipinski definition) is 3. The van der Waals surface area contributed by atoms with Gasteiger partial charge in [-0.3, -0.25) is 4.79 Å². The number of amides is 1. The third-order valence-corrected chi connectivity index (χ3v) is 3.03. The smallest absolute Gasteiger partial charge is 0.256 e. The molecule has 0 fully saturated rings. The largest absolute Gasteiger partial charge is 0.355 e. The van der Waals surface area contributed by atoms with Gasteiger partial charge in [-0.25, -0.2) is 8.78 Å². The van der Waals surface area contributed by atoms with E-state index in [9.17, 15) is 13.6 Å². The van der Waals surface area contributed by atoms with E-state index < -0.39 is 23.1 Å². The normalized spacial score (nSPS) is 12.6. The Morgan fingerprint density at radius 1 is 1.37 bits per heavy atom. The molecule has 0 spiro atoms. The van der Waals surface area contributed by atoms with E-state index in [0.717, 1.165) is 0 Å². The second-order valence-electron chi connectivity index (χ2n) is 4.57. The van der Waals surface area contributed by atoms with Gasteiger partial charge in [-0.1, -0.05) is 0 Å². The molecule has 1 rings (SSSR count). The molecule has 1 aromatic rings. The first-order valence-electron chi connectivity index (χ1n) is 5.97. The number of likely N-dealkylation sites (N-methyl/N-ethyl adjacent to an activating group) is 1. The van der Waals surface area contributed by atoms with Crippen molar-refractivity contribution in [1.29, 1.82) is 0 Å². The quantitative estimate of drug-likeness (QED) is 0.831. The second kappa shape index (κ2) is 6.58. The standard InChI is InChI=1S/C13H19F2N3O/c1-17-13(19)12-10(14)5-8(6-11(12)15)4-9(7-16)18(2)3/h5-6,9H,4,7,16H2,1-3H3,(H,17,19). The summed E-state index contributed by atoms with van der Waals surface area (Å²) in [5, 5.41) is 2.21. The molecule has 0 aliphatic carbocycles. The molecule has 0 heterocycles. The Hall–Kier alpha value is -1.53. The molecule has 0 saturated heterocycles. The van der Waals surface area contributed by atoms with Crippen LogP contribution in [0.25, 0.3) is 0 Å². The van der Waals surface area contributed by atoms with Crippen LogP contribution in [-0.4, -0.2) is 44.5 Å². The Kier molecular flexibility index (Phi) is 5.38. The number of carbonyl (C=O) groups is 1. The number of nitrogens with two attached hydrogens (primary N) is 1. The van der Waals surface area contributed by atoms with Crippen molar-refractivity contribution in [3.63, 3.8) is 0 Å². The highest BCUT2D eigenvalue weighted by molar-refractivity contribution is 5.94. The molecule has 0 aliphatic heterocycles. The lowest BCUT2D eigenvalue weighted by atomic mass is 10.0. The summed E-state index contributed by atoms with van der Waals surface area (Å²) in [5.74, 6) is -2.49. The van der Waals surface area contributed by atoms with Crippen molar-refractivity contribution in [1.82, 2.24) is 10.2 Å². The number of nitrogens with zero attached hydrogens (tertiary/aromatic N) is 1. The van der Waals surface area contributed by atoms with Crippen molar-refractivity contribution in [3.8, 4) is 0 Å². The average Bonchev–Trinajstić information content (AvgIpc) is 2.34. The van der Waals surface area contributed by atoms with E-state index in [-0.39, 0.29) is 6.04 Å². The van der Waals surface area contributed by atoms with Gasteiger partial charge in [-0.05, 0) is 38.2 Å². The van der Waals surface area contributed by atoms with Gasteiger partial charge >= 0.3 is 0 Å². The molecule has 19 heavy (non-hydrogen) atoms. The van der Waals surface area contributed by atoms with Crippen LogP contribution in [0, 0.1) is 11.6 Å². The predicted octanol–water partition coefficient (Wildman–Crippen LogP) is 0.756. The van der Waals surface area contributed by atoms with Crippen LogP contribution in [0.4, 0.5) is 8.78 Å². The predicted molar refractivity (Wildman–Crippen MR) is 70.0 cm³/mol. The van der Waals surface area contributed by atoms with Gasteiger partial charge in [0.15, 0.2) is 0 Å². The number of rotatable bonds is 5. The molecular formula is C13H19F2N3O. The lowest BCUT2D eigenvalue weighted by Gasteiger charge is -2.22. The maximum Gasteiger partial charge on any atom is 0.256 e. The number of hydrogen-bond donors (Lipinski definition) is 2. The Balaban J connectivity index is 3.04. The molecule has 0 saturated carbocycles. The minimum atomic E-state index is -0.858. The summed E-state index contributed by atoms with van der Waals surface area (Å²) in [4.78, 5) is 13.2. The first-order valence-corrected chi connectivity index (χ1v) is 5.97. The molecule has 106 valence electrons. The average molecular weight is 271 g/mol. The highest BCUT2D eigenvalue weighted by Crippen LogP contribution is 2.17. The lowest BCUT2D eigenvalue weighted by Crippen LogP contribution is -2.37. The van der Waals surface area contributed by atoms with Crippen molar-refractivity contribution in [2.24, 2.45) is 5.73 Å². The van der Waals surface area contributed by atoms with Crippen LogP contribution in [0.15, 0.2) is 12.1 Å². The van der Waals surface area contributed by atoms with Crippen molar-refractivity contribution in [2.45, 2.75) is 12.5 Å². The Morgan fingerprint density at radius 3 is 2.26 bits per heavy atom. The third kappa shape index (κ3) is 3.71. The monoisotopic (exact) mass is 271 g/mol. The molecule has 1 unspecified atom stereocenters. The lowest BCUT2D eigenvalue weighted by molar-refractivity contribution is 0.0954.